The number of rotatable bonds is 6. The first-order chi connectivity index (χ1) is 12.1. The third-order valence-electron chi connectivity index (χ3n) is 4.56. The largest absolute Gasteiger partial charge is 0.365 e. The summed E-state index contributed by atoms with van der Waals surface area (Å²) < 4.78 is 0. The molecule has 2 aromatic rings. The van der Waals surface area contributed by atoms with Gasteiger partial charge in [-0.2, -0.15) is 0 Å². The number of amides is 2. The van der Waals surface area contributed by atoms with Crippen LogP contribution >= 0.6 is 23.1 Å². The Hall–Kier alpha value is -1.79. The maximum Gasteiger partial charge on any atom is 0.251 e. The second-order valence-corrected chi connectivity index (χ2v) is 8.39. The van der Waals surface area contributed by atoms with Gasteiger partial charge in [-0.1, -0.05) is 31.5 Å². The Morgan fingerprint density at radius 1 is 1.32 bits per heavy atom. The van der Waals surface area contributed by atoms with Crippen molar-refractivity contribution in [1.29, 1.82) is 0 Å². The lowest BCUT2D eigenvalue weighted by Gasteiger charge is -2.20. The number of hydrogen-bond donors (Lipinski definition) is 2. The summed E-state index contributed by atoms with van der Waals surface area (Å²) in [4.78, 5) is 26.5. The van der Waals surface area contributed by atoms with Gasteiger partial charge in [0.05, 0.1) is 11.3 Å². The number of carbonyl (C=O) groups excluding carboxylic acids is 2. The van der Waals surface area contributed by atoms with Gasteiger partial charge in [0.25, 0.3) is 5.91 Å². The fraction of sp³-hybridized carbons (Fsp3) is 0.368. The number of carbonyl (C=O) groups is 2. The minimum atomic E-state index is -0.446. The summed E-state index contributed by atoms with van der Waals surface area (Å²) in [5.74, 6) is 0.409. The van der Waals surface area contributed by atoms with Crippen LogP contribution in [0.4, 0.5) is 5.00 Å². The normalized spacial score (nSPS) is 16.3. The monoisotopic (exact) mass is 374 g/mol. The van der Waals surface area contributed by atoms with Gasteiger partial charge in [-0.05, 0) is 42.9 Å². The van der Waals surface area contributed by atoms with Gasteiger partial charge in [-0.3, -0.25) is 9.59 Å². The number of anilines is 1. The standard InChI is InChI=1S/C19H22N2O2S2/c1-2-12-8-9-14-15(10-12)25-19(17(14)18(20)23)21-16(22)11-24-13-6-4-3-5-7-13/h3-7,12H,2,8-11H2,1H3,(H2,20,23)(H,21,22)/t12-/m1/s1. The van der Waals surface area contributed by atoms with Crippen LogP contribution in [-0.4, -0.2) is 17.6 Å². The number of thioether (sulfide) groups is 1. The molecular formula is C19H22N2O2S2. The molecule has 0 spiro atoms. The van der Waals surface area contributed by atoms with Crippen molar-refractivity contribution in [2.75, 3.05) is 11.1 Å². The highest BCUT2D eigenvalue weighted by atomic mass is 32.2. The van der Waals surface area contributed by atoms with Crippen LogP contribution in [0.2, 0.25) is 0 Å². The topological polar surface area (TPSA) is 72.2 Å². The summed E-state index contributed by atoms with van der Waals surface area (Å²) in [6.45, 7) is 2.20. The molecule has 0 saturated carbocycles. The zero-order chi connectivity index (χ0) is 17.8. The summed E-state index contributed by atoms with van der Waals surface area (Å²) in [6, 6.07) is 9.79. The Kier molecular flexibility index (Phi) is 5.81. The van der Waals surface area contributed by atoms with E-state index in [-0.39, 0.29) is 5.91 Å². The van der Waals surface area contributed by atoms with Gasteiger partial charge in [0.15, 0.2) is 0 Å². The van der Waals surface area contributed by atoms with Gasteiger partial charge in [0.2, 0.25) is 5.91 Å². The molecule has 4 nitrogen and oxygen atoms in total. The number of benzene rings is 1. The summed E-state index contributed by atoms with van der Waals surface area (Å²) >= 11 is 2.99. The van der Waals surface area contributed by atoms with Gasteiger partial charge < -0.3 is 11.1 Å². The van der Waals surface area contributed by atoms with Crippen molar-refractivity contribution < 1.29 is 9.59 Å². The Bertz CT molecular complexity index is 771. The molecule has 1 aromatic heterocycles. The lowest BCUT2D eigenvalue weighted by Crippen LogP contribution is -2.20. The first-order valence-corrected chi connectivity index (χ1v) is 10.3. The van der Waals surface area contributed by atoms with Crippen LogP contribution in [0.3, 0.4) is 0 Å². The molecule has 3 N–H and O–H groups in total. The van der Waals surface area contributed by atoms with Crippen molar-refractivity contribution in [2.24, 2.45) is 11.7 Å². The predicted octanol–water partition coefficient (Wildman–Crippen LogP) is 4.09. The van der Waals surface area contributed by atoms with Crippen LogP contribution in [-0.2, 0) is 17.6 Å². The average Bonchev–Trinajstić information content (AvgIpc) is 2.97. The molecule has 0 saturated heterocycles. The van der Waals surface area contributed by atoms with E-state index >= 15 is 0 Å². The molecule has 0 bridgehead atoms. The van der Waals surface area contributed by atoms with E-state index < -0.39 is 5.91 Å². The van der Waals surface area contributed by atoms with E-state index in [9.17, 15) is 9.59 Å². The fourth-order valence-electron chi connectivity index (χ4n) is 3.18. The molecule has 1 aliphatic carbocycles. The quantitative estimate of drug-likeness (QED) is 0.748. The number of thiophene rings is 1. The molecule has 0 fully saturated rings. The number of fused-ring (bicyclic) bond motifs is 1. The van der Waals surface area contributed by atoms with E-state index in [1.165, 1.54) is 28.0 Å². The molecule has 25 heavy (non-hydrogen) atoms. The van der Waals surface area contributed by atoms with Crippen LogP contribution in [0.15, 0.2) is 35.2 Å². The highest BCUT2D eigenvalue weighted by Crippen LogP contribution is 2.40. The van der Waals surface area contributed by atoms with Gasteiger partial charge in [-0.25, -0.2) is 0 Å². The zero-order valence-electron chi connectivity index (χ0n) is 14.2. The minimum Gasteiger partial charge on any atom is -0.365 e. The number of nitrogens with one attached hydrogen (secondary N) is 1. The van der Waals surface area contributed by atoms with Crippen molar-refractivity contribution >= 4 is 39.9 Å². The van der Waals surface area contributed by atoms with Gasteiger partial charge in [0, 0.05) is 9.77 Å². The number of primary amides is 1. The molecule has 1 aliphatic rings. The third-order valence-corrected chi connectivity index (χ3v) is 6.74. The first-order valence-electron chi connectivity index (χ1n) is 8.50. The molecule has 132 valence electrons. The molecule has 1 atom stereocenters. The maximum absolute atomic E-state index is 12.3. The van der Waals surface area contributed by atoms with E-state index in [4.69, 9.17) is 5.73 Å². The maximum atomic E-state index is 12.3. The summed E-state index contributed by atoms with van der Waals surface area (Å²) in [5, 5.41) is 3.53. The van der Waals surface area contributed by atoms with Crippen molar-refractivity contribution in [3.05, 3.63) is 46.3 Å². The second-order valence-electron chi connectivity index (χ2n) is 6.24. The zero-order valence-corrected chi connectivity index (χ0v) is 15.8. The summed E-state index contributed by atoms with van der Waals surface area (Å²) in [5.41, 5.74) is 7.17. The van der Waals surface area contributed by atoms with E-state index in [0.717, 1.165) is 36.1 Å². The Labute approximate surface area is 156 Å². The molecule has 0 aliphatic heterocycles. The molecule has 1 heterocycles. The van der Waals surface area contributed by atoms with Crippen LogP contribution < -0.4 is 11.1 Å². The minimum absolute atomic E-state index is 0.109. The lowest BCUT2D eigenvalue weighted by atomic mass is 9.85. The Morgan fingerprint density at radius 3 is 2.76 bits per heavy atom. The Balaban J connectivity index is 1.72. The second kappa shape index (κ2) is 8.06. The van der Waals surface area contributed by atoms with E-state index in [0.29, 0.717) is 22.2 Å². The molecule has 2 amide bonds. The summed E-state index contributed by atoms with van der Waals surface area (Å²) in [6.07, 6.45) is 4.07. The molecule has 0 unspecified atom stereocenters. The van der Waals surface area contributed by atoms with Crippen LogP contribution in [0.1, 0.15) is 40.6 Å². The Morgan fingerprint density at radius 2 is 2.08 bits per heavy atom. The van der Waals surface area contributed by atoms with Crippen molar-refractivity contribution in [2.45, 2.75) is 37.5 Å². The van der Waals surface area contributed by atoms with Crippen molar-refractivity contribution in [3.8, 4) is 0 Å². The predicted molar refractivity (Wildman–Crippen MR) is 104 cm³/mol. The molecule has 6 heteroatoms. The van der Waals surface area contributed by atoms with Crippen LogP contribution in [0, 0.1) is 5.92 Å². The molecular weight excluding hydrogens is 352 g/mol. The summed E-state index contributed by atoms with van der Waals surface area (Å²) in [7, 11) is 0. The SMILES string of the molecule is CC[C@@H]1CCc2c(sc(NC(=O)CSc3ccccc3)c2C(N)=O)C1. The van der Waals surface area contributed by atoms with E-state index in [1.807, 2.05) is 30.3 Å². The van der Waals surface area contributed by atoms with Crippen molar-refractivity contribution in [1.82, 2.24) is 0 Å². The third kappa shape index (κ3) is 4.25. The average molecular weight is 375 g/mol. The highest BCUT2D eigenvalue weighted by Gasteiger charge is 2.28. The fourth-order valence-corrected chi connectivity index (χ4v) is 5.28. The van der Waals surface area contributed by atoms with E-state index in [1.54, 1.807) is 0 Å². The smallest absolute Gasteiger partial charge is 0.251 e. The molecule has 0 radical (unpaired) electrons. The van der Waals surface area contributed by atoms with Crippen LogP contribution in [0.25, 0.3) is 0 Å². The van der Waals surface area contributed by atoms with E-state index in [2.05, 4.69) is 12.2 Å². The van der Waals surface area contributed by atoms with Crippen LogP contribution in [0.5, 0.6) is 0 Å². The number of nitrogens with two attached hydrogens (primary N) is 1. The van der Waals surface area contributed by atoms with Crippen molar-refractivity contribution in [3.63, 3.8) is 0 Å². The first kappa shape index (κ1) is 18.0. The highest BCUT2D eigenvalue weighted by molar-refractivity contribution is 8.00. The van der Waals surface area contributed by atoms with Gasteiger partial charge >= 0.3 is 0 Å². The van der Waals surface area contributed by atoms with Gasteiger partial charge in [0.1, 0.15) is 5.00 Å². The molecule has 3 rings (SSSR count). The van der Waals surface area contributed by atoms with Gasteiger partial charge in [-0.15, -0.1) is 23.1 Å². The lowest BCUT2D eigenvalue weighted by molar-refractivity contribution is -0.113. The molecule has 1 aromatic carbocycles. The number of hydrogen-bond acceptors (Lipinski definition) is 4.